The summed E-state index contributed by atoms with van der Waals surface area (Å²) in [6, 6.07) is 12.2. The zero-order valence-corrected chi connectivity index (χ0v) is 12.1. The molecule has 1 amide bonds. The molecule has 0 spiro atoms. The van der Waals surface area contributed by atoms with Crippen LogP contribution < -0.4 is 16.0 Å². The van der Waals surface area contributed by atoms with Crippen LogP contribution in [0.4, 0.5) is 17.1 Å². The van der Waals surface area contributed by atoms with Crippen molar-refractivity contribution in [2.75, 3.05) is 30.0 Å². The lowest BCUT2D eigenvalue weighted by molar-refractivity contribution is 0.102. The van der Waals surface area contributed by atoms with E-state index in [1.807, 2.05) is 31.1 Å². The second-order valence-corrected chi connectivity index (χ2v) is 5.05. The summed E-state index contributed by atoms with van der Waals surface area (Å²) in [6.07, 6.45) is 0. The second-order valence-electron chi connectivity index (χ2n) is 4.64. The van der Waals surface area contributed by atoms with Gasteiger partial charge in [0.25, 0.3) is 5.91 Å². The number of benzene rings is 2. The molecule has 0 fully saturated rings. The molecule has 104 valence electrons. The van der Waals surface area contributed by atoms with Gasteiger partial charge in [-0.05, 0) is 36.4 Å². The molecular formula is C15H16ClN3O. The Morgan fingerprint density at radius 3 is 2.55 bits per heavy atom. The number of rotatable bonds is 3. The normalized spacial score (nSPS) is 10.2. The Morgan fingerprint density at radius 2 is 1.95 bits per heavy atom. The van der Waals surface area contributed by atoms with Crippen LogP contribution in [0.1, 0.15) is 10.4 Å². The highest BCUT2D eigenvalue weighted by Gasteiger charge is 2.08. The molecule has 20 heavy (non-hydrogen) atoms. The van der Waals surface area contributed by atoms with E-state index in [-0.39, 0.29) is 5.91 Å². The van der Waals surface area contributed by atoms with Crippen molar-refractivity contribution >= 4 is 34.6 Å². The molecule has 3 N–H and O–H groups in total. The highest BCUT2D eigenvalue weighted by Crippen LogP contribution is 2.27. The SMILES string of the molecule is CN(C)c1ccc(NC(=O)c2cccc(N)c2)cc1Cl. The lowest BCUT2D eigenvalue weighted by Crippen LogP contribution is -2.13. The van der Waals surface area contributed by atoms with Gasteiger partial charge in [0, 0.05) is 31.0 Å². The van der Waals surface area contributed by atoms with Crippen LogP contribution in [0.2, 0.25) is 5.02 Å². The number of halogens is 1. The van der Waals surface area contributed by atoms with Crippen LogP contribution in [0.25, 0.3) is 0 Å². The first-order valence-electron chi connectivity index (χ1n) is 6.11. The van der Waals surface area contributed by atoms with Gasteiger partial charge in [-0.2, -0.15) is 0 Å². The van der Waals surface area contributed by atoms with E-state index in [2.05, 4.69) is 5.32 Å². The van der Waals surface area contributed by atoms with E-state index >= 15 is 0 Å². The summed E-state index contributed by atoms with van der Waals surface area (Å²) in [7, 11) is 3.82. The molecule has 0 aliphatic heterocycles. The van der Waals surface area contributed by atoms with E-state index < -0.39 is 0 Å². The molecule has 2 rings (SSSR count). The first-order valence-corrected chi connectivity index (χ1v) is 6.49. The first kappa shape index (κ1) is 14.2. The molecule has 0 saturated carbocycles. The highest BCUT2D eigenvalue weighted by molar-refractivity contribution is 6.33. The van der Waals surface area contributed by atoms with Crippen molar-refractivity contribution in [3.8, 4) is 0 Å². The van der Waals surface area contributed by atoms with Gasteiger partial charge in [-0.3, -0.25) is 4.79 Å². The summed E-state index contributed by atoms with van der Waals surface area (Å²) < 4.78 is 0. The second kappa shape index (κ2) is 5.84. The van der Waals surface area contributed by atoms with Crippen molar-refractivity contribution in [2.24, 2.45) is 0 Å². The minimum Gasteiger partial charge on any atom is -0.399 e. The molecule has 0 aliphatic carbocycles. The van der Waals surface area contributed by atoms with Gasteiger partial charge in [0.1, 0.15) is 0 Å². The summed E-state index contributed by atoms with van der Waals surface area (Å²) >= 11 is 6.17. The van der Waals surface area contributed by atoms with Gasteiger partial charge in [-0.15, -0.1) is 0 Å². The Morgan fingerprint density at radius 1 is 1.20 bits per heavy atom. The Kier molecular flexibility index (Phi) is 4.15. The van der Waals surface area contributed by atoms with Crippen molar-refractivity contribution in [1.29, 1.82) is 0 Å². The van der Waals surface area contributed by atoms with Crippen molar-refractivity contribution in [1.82, 2.24) is 0 Å². The van der Waals surface area contributed by atoms with E-state index in [9.17, 15) is 4.79 Å². The summed E-state index contributed by atoms with van der Waals surface area (Å²) in [5.41, 5.74) is 8.27. The van der Waals surface area contributed by atoms with Gasteiger partial charge in [-0.1, -0.05) is 17.7 Å². The lowest BCUT2D eigenvalue weighted by Gasteiger charge is -2.15. The maximum Gasteiger partial charge on any atom is 0.255 e. The van der Waals surface area contributed by atoms with E-state index in [0.717, 1.165) is 5.69 Å². The standard InChI is InChI=1S/C15H16ClN3O/c1-19(2)14-7-6-12(9-13(14)16)18-15(20)10-4-3-5-11(17)8-10/h3-9H,17H2,1-2H3,(H,18,20). The third-order valence-corrected chi connectivity index (χ3v) is 3.14. The summed E-state index contributed by atoms with van der Waals surface area (Å²) in [6.45, 7) is 0. The maximum absolute atomic E-state index is 12.1. The highest BCUT2D eigenvalue weighted by atomic mass is 35.5. The quantitative estimate of drug-likeness (QED) is 0.853. The fraction of sp³-hybridized carbons (Fsp3) is 0.133. The first-order chi connectivity index (χ1) is 9.47. The smallest absolute Gasteiger partial charge is 0.255 e. The van der Waals surface area contributed by atoms with Crippen LogP contribution in [-0.4, -0.2) is 20.0 Å². The lowest BCUT2D eigenvalue weighted by atomic mass is 10.2. The Hall–Kier alpha value is -2.20. The number of anilines is 3. The monoisotopic (exact) mass is 289 g/mol. The molecule has 0 heterocycles. The topological polar surface area (TPSA) is 58.4 Å². The average Bonchev–Trinajstić information content (AvgIpc) is 2.38. The number of carbonyl (C=O) groups is 1. The molecule has 2 aromatic carbocycles. The van der Waals surface area contributed by atoms with E-state index in [1.165, 1.54) is 0 Å². The molecule has 0 aliphatic rings. The van der Waals surface area contributed by atoms with Gasteiger partial charge in [-0.25, -0.2) is 0 Å². The van der Waals surface area contributed by atoms with Crippen molar-refractivity contribution in [3.63, 3.8) is 0 Å². The maximum atomic E-state index is 12.1. The molecule has 0 atom stereocenters. The average molecular weight is 290 g/mol. The van der Waals surface area contributed by atoms with Crippen molar-refractivity contribution in [3.05, 3.63) is 53.1 Å². The fourth-order valence-corrected chi connectivity index (χ4v) is 2.18. The van der Waals surface area contributed by atoms with Gasteiger partial charge in [0.15, 0.2) is 0 Å². The third kappa shape index (κ3) is 3.22. The minimum absolute atomic E-state index is 0.217. The van der Waals surface area contributed by atoms with Crippen LogP contribution in [0.5, 0.6) is 0 Å². The summed E-state index contributed by atoms with van der Waals surface area (Å²) in [5.74, 6) is -0.217. The van der Waals surface area contributed by atoms with Crippen LogP contribution in [-0.2, 0) is 0 Å². The number of carbonyl (C=O) groups excluding carboxylic acids is 1. The molecule has 0 aromatic heterocycles. The number of nitrogens with one attached hydrogen (secondary N) is 1. The van der Waals surface area contributed by atoms with Crippen LogP contribution >= 0.6 is 11.6 Å². The molecule has 0 unspecified atom stereocenters. The third-order valence-electron chi connectivity index (χ3n) is 2.84. The predicted octanol–water partition coefficient (Wildman–Crippen LogP) is 3.24. The van der Waals surface area contributed by atoms with E-state index in [0.29, 0.717) is 22.0 Å². The molecule has 2 aromatic rings. The van der Waals surface area contributed by atoms with Crippen LogP contribution in [0.3, 0.4) is 0 Å². The Balaban J connectivity index is 2.18. The molecular weight excluding hydrogens is 274 g/mol. The van der Waals surface area contributed by atoms with Gasteiger partial charge >= 0.3 is 0 Å². The zero-order valence-electron chi connectivity index (χ0n) is 11.4. The van der Waals surface area contributed by atoms with Gasteiger partial charge in [0.2, 0.25) is 0 Å². The van der Waals surface area contributed by atoms with E-state index in [1.54, 1.807) is 30.3 Å². The Labute approximate surface area is 123 Å². The molecule has 0 bridgehead atoms. The molecule has 0 radical (unpaired) electrons. The van der Waals surface area contributed by atoms with Gasteiger partial charge in [0.05, 0.1) is 10.7 Å². The van der Waals surface area contributed by atoms with E-state index in [4.69, 9.17) is 17.3 Å². The number of hydrogen-bond donors (Lipinski definition) is 2. The summed E-state index contributed by atoms with van der Waals surface area (Å²) in [5, 5.41) is 3.38. The number of nitrogens with two attached hydrogens (primary N) is 1. The number of amides is 1. The number of hydrogen-bond acceptors (Lipinski definition) is 3. The zero-order chi connectivity index (χ0) is 14.7. The molecule has 0 saturated heterocycles. The number of nitrogens with zero attached hydrogens (tertiary/aromatic N) is 1. The summed E-state index contributed by atoms with van der Waals surface area (Å²) in [4.78, 5) is 14.0. The fourth-order valence-electron chi connectivity index (χ4n) is 1.83. The number of nitrogen functional groups attached to an aromatic ring is 1. The minimum atomic E-state index is -0.217. The largest absolute Gasteiger partial charge is 0.399 e. The molecule has 4 nitrogen and oxygen atoms in total. The van der Waals surface area contributed by atoms with Crippen LogP contribution in [0, 0.1) is 0 Å². The molecule has 5 heteroatoms. The predicted molar refractivity (Wildman–Crippen MR) is 84.6 cm³/mol. The van der Waals surface area contributed by atoms with Gasteiger partial charge < -0.3 is 16.0 Å². The van der Waals surface area contributed by atoms with Crippen molar-refractivity contribution < 1.29 is 4.79 Å². The van der Waals surface area contributed by atoms with Crippen molar-refractivity contribution in [2.45, 2.75) is 0 Å². The Bertz CT molecular complexity index is 641. The van der Waals surface area contributed by atoms with Crippen LogP contribution in [0.15, 0.2) is 42.5 Å².